The van der Waals surface area contributed by atoms with Gasteiger partial charge in [-0.2, -0.15) is 0 Å². The van der Waals surface area contributed by atoms with Gasteiger partial charge in [0.2, 0.25) is 0 Å². The summed E-state index contributed by atoms with van der Waals surface area (Å²) in [5.74, 6) is 0. The van der Waals surface area contributed by atoms with E-state index in [1.807, 2.05) is 0 Å². The van der Waals surface area contributed by atoms with E-state index in [1.165, 1.54) is 88.4 Å². The Morgan fingerprint density at radius 2 is 1.20 bits per heavy atom. The molecule has 0 saturated carbocycles. The fraction of sp³-hybridized carbons (Fsp3) is 0.125. The van der Waals surface area contributed by atoms with Crippen molar-refractivity contribution in [3.63, 3.8) is 0 Å². The molecule has 0 N–H and O–H groups in total. The van der Waals surface area contributed by atoms with Gasteiger partial charge < -0.3 is 9.13 Å². The van der Waals surface area contributed by atoms with Crippen molar-refractivity contribution in [2.45, 2.75) is 39.5 Å². The van der Waals surface area contributed by atoms with Crippen LogP contribution in [0.2, 0.25) is 0 Å². The zero-order valence-corrected chi connectivity index (χ0v) is 28.7. The summed E-state index contributed by atoms with van der Waals surface area (Å²) in [5.41, 5.74) is 15.5. The molecule has 2 aromatic heterocycles. The van der Waals surface area contributed by atoms with Crippen LogP contribution in [0, 0.1) is 0 Å². The van der Waals surface area contributed by atoms with E-state index in [-0.39, 0.29) is 0 Å². The van der Waals surface area contributed by atoms with Gasteiger partial charge in [0.05, 0.1) is 27.8 Å². The monoisotopic (exact) mass is 644 g/mol. The maximum absolute atomic E-state index is 2.50. The van der Waals surface area contributed by atoms with Gasteiger partial charge in [-0.1, -0.05) is 109 Å². The van der Waals surface area contributed by atoms with E-state index < -0.39 is 0 Å². The van der Waals surface area contributed by atoms with Crippen LogP contribution in [-0.2, 0) is 0 Å². The number of benzene rings is 5. The molecule has 0 fully saturated rings. The quantitative estimate of drug-likeness (QED) is 0.159. The molecule has 0 bridgehead atoms. The summed E-state index contributed by atoms with van der Waals surface area (Å²) in [6.45, 7) is 4.26. The minimum absolute atomic E-state index is 1.04. The molecule has 9 rings (SSSR count). The minimum atomic E-state index is 1.04. The second kappa shape index (κ2) is 12.5. The van der Waals surface area contributed by atoms with Crippen molar-refractivity contribution in [3.8, 4) is 16.8 Å². The second-order valence-electron chi connectivity index (χ2n) is 13.6. The first-order valence-electron chi connectivity index (χ1n) is 17.9. The summed E-state index contributed by atoms with van der Waals surface area (Å²) in [4.78, 5) is 0. The molecule has 2 aliphatic carbocycles. The molecular formula is C48H40N2. The Balaban J connectivity index is 1.17. The molecule has 2 aliphatic rings. The number of rotatable bonds is 6. The summed E-state index contributed by atoms with van der Waals surface area (Å²) in [6, 6.07) is 40.5. The first-order chi connectivity index (χ1) is 24.7. The lowest BCUT2D eigenvalue weighted by Gasteiger charge is -2.20. The molecule has 0 unspecified atom stereocenters. The highest BCUT2D eigenvalue weighted by Gasteiger charge is 2.19. The zero-order chi connectivity index (χ0) is 33.6. The van der Waals surface area contributed by atoms with Crippen molar-refractivity contribution >= 4 is 54.9 Å². The smallest absolute Gasteiger partial charge is 0.0541 e. The van der Waals surface area contributed by atoms with Gasteiger partial charge in [-0.05, 0) is 116 Å². The molecule has 7 aromatic rings. The van der Waals surface area contributed by atoms with Crippen molar-refractivity contribution in [2.75, 3.05) is 0 Å². The van der Waals surface area contributed by atoms with Crippen molar-refractivity contribution in [3.05, 3.63) is 175 Å². The minimum Gasteiger partial charge on any atom is -0.313 e. The van der Waals surface area contributed by atoms with Gasteiger partial charge >= 0.3 is 0 Å². The molecule has 0 amide bonds. The van der Waals surface area contributed by atoms with Crippen molar-refractivity contribution < 1.29 is 0 Å². The number of hydrogen-bond donors (Lipinski definition) is 0. The molecule has 5 aromatic carbocycles. The molecule has 2 nitrogen and oxygen atoms in total. The van der Waals surface area contributed by atoms with E-state index in [9.17, 15) is 0 Å². The summed E-state index contributed by atoms with van der Waals surface area (Å²) >= 11 is 0. The lowest BCUT2D eigenvalue weighted by atomic mass is 9.90. The molecule has 0 atom stereocenters. The van der Waals surface area contributed by atoms with Crippen LogP contribution in [0.25, 0.3) is 71.7 Å². The Labute approximate surface area is 294 Å². The van der Waals surface area contributed by atoms with Crippen LogP contribution >= 0.6 is 0 Å². The van der Waals surface area contributed by atoms with Gasteiger partial charge in [0, 0.05) is 32.8 Å². The van der Waals surface area contributed by atoms with Crippen LogP contribution in [0.15, 0.2) is 169 Å². The van der Waals surface area contributed by atoms with Gasteiger partial charge in [-0.15, -0.1) is 0 Å². The number of allylic oxidation sites excluding steroid dienone is 12. The third-order valence-electron chi connectivity index (χ3n) is 10.6. The van der Waals surface area contributed by atoms with Crippen molar-refractivity contribution in [2.24, 2.45) is 0 Å². The number of aromatic nitrogens is 2. The van der Waals surface area contributed by atoms with Crippen LogP contribution < -0.4 is 0 Å². The second-order valence-corrected chi connectivity index (χ2v) is 13.6. The van der Waals surface area contributed by atoms with Crippen LogP contribution in [-0.4, -0.2) is 9.13 Å². The first kappa shape index (κ1) is 30.2. The third kappa shape index (κ3) is 5.02. The molecule has 0 saturated heterocycles. The molecule has 0 spiro atoms. The lowest BCUT2D eigenvalue weighted by molar-refractivity contribution is 0.885. The summed E-state index contributed by atoms with van der Waals surface area (Å²) in [6.07, 6.45) is 22.3. The molecule has 2 heteroatoms. The molecule has 0 aliphatic heterocycles. The predicted molar refractivity (Wildman–Crippen MR) is 216 cm³/mol. The van der Waals surface area contributed by atoms with Crippen LogP contribution in [0.1, 0.15) is 45.1 Å². The number of para-hydroxylation sites is 3. The average molecular weight is 645 g/mol. The molecular weight excluding hydrogens is 605 g/mol. The van der Waals surface area contributed by atoms with Crippen molar-refractivity contribution in [1.82, 2.24) is 9.13 Å². The van der Waals surface area contributed by atoms with Gasteiger partial charge in [-0.25, -0.2) is 0 Å². The summed E-state index contributed by atoms with van der Waals surface area (Å²) < 4.78 is 4.94. The van der Waals surface area contributed by atoms with Gasteiger partial charge in [0.15, 0.2) is 0 Å². The summed E-state index contributed by atoms with van der Waals surface area (Å²) in [7, 11) is 0. The fourth-order valence-electron chi connectivity index (χ4n) is 8.16. The Bertz CT molecular complexity index is 2660. The molecule has 242 valence electrons. The van der Waals surface area contributed by atoms with Crippen LogP contribution in [0.4, 0.5) is 0 Å². The third-order valence-corrected chi connectivity index (χ3v) is 10.6. The van der Waals surface area contributed by atoms with Crippen LogP contribution in [0.3, 0.4) is 0 Å². The zero-order valence-electron chi connectivity index (χ0n) is 28.7. The summed E-state index contributed by atoms with van der Waals surface area (Å²) in [5, 5.41) is 5.14. The van der Waals surface area contributed by atoms with E-state index in [4.69, 9.17) is 0 Å². The van der Waals surface area contributed by atoms with Gasteiger partial charge in [-0.3, -0.25) is 0 Å². The van der Waals surface area contributed by atoms with E-state index in [0.29, 0.717) is 0 Å². The normalized spacial score (nSPS) is 15.4. The number of fused-ring (bicyclic) bond motifs is 6. The number of hydrogen-bond acceptors (Lipinski definition) is 0. The highest BCUT2D eigenvalue weighted by atomic mass is 15.0. The van der Waals surface area contributed by atoms with E-state index in [0.717, 1.165) is 25.7 Å². The highest BCUT2D eigenvalue weighted by molar-refractivity contribution is 6.13. The van der Waals surface area contributed by atoms with Crippen LogP contribution in [0.5, 0.6) is 0 Å². The largest absolute Gasteiger partial charge is 0.313 e. The molecule has 0 radical (unpaired) electrons. The van der Waals surface area contributed by atoms with Crippen molar-refractivity contribution in [1.29, 1.82) is 0 Å². The number of nitrogens with zero attached hydrogens (tertiary/aromatic N) is 2. The van der Waals surface area contributed by atoms with Gasteiger partial charge in [0.1, 0.15) is 0 Å². The average Bonchev–Trinajstić information content (AvgIpc) is 3.69. The van der Waals surface area contributed by atoms with Gasteiger partial charge in [0.25, 0.3) is 0 Å². The Kier molecular flexibility index (Phi) is 7.58. The maximum atomic E-state index is 2.50. The fourth-order valence-corrected chi connectivity index (χ4v) is 8.16. The Morgan fingerprint density at radius 3 is 1.86 bits per heavy atom. The standard InChI is InChI=1S/C48H40N2/c1-3-4-14-33(2)39-17-8-11-20-44(39)50-46-22-13-10-19-41(46)43-32-37(26-30-48(43)50)36-25-29-47-42(31-36)40-18-9-12-21-45(40)49(47)38-27-23-35(24-28-38)34-15-6-5-7-16-34/h3-6,8-15,17-23,25-27,29-32H,7,16,24,28H2,1-2H3/b4-3-,33-14+. The highest BCUT2D eigenvalue weighted by Crippen LogP contribution is 2.40. The molecule has 50 heavy (non-hydrogen) atoms. The molecule has 2 heterocycles. The Hall–Kier alpha value is -5.86. The van der Waals surface area contributed by atoms with E-state index >= 15 is 0 Å². The maximum Gasteiger partial charge on any atom is 0.0541 e. The van der Waals surface area contributed by atoms with E-state index in [2.05, 4.69) is 181 Å². The topological polar surface area (TPSA) is 9.86 Å². The SMILES string of the molecule is C/C=C\C=C(/C)c1ccccc1-n1c2ccccc2c2cc(-c3ccc4c(c3)c3ccccc3n4C3=CC=C(C4=CC=CCC4)CC3)ccc21. The first-order valence-corrected chi connectivity index (χ1v) is 17.9. The predicted octanol–water partition coefficient (Wildman–Crippen LogP) is 13.4. The Morgan fingerprint density at radius 1 is 0.580 bits per heavy atom. The van der Waals surface area contributed by atoms with E-state index in [1.54, 1.807) is 0 Å². The lowest BCUT2D eigenvalue weighted by Crippen LogP contribution is -2.03.